The van der Waals surface area contributed by atoms with Crippen LogP contribution >= 0.6 is 34.8 Å². The number of hydrogen-bond donors (Lipinski definition) is 0. The standard InChI is InChI=1S/C11H7Cl3O/c1-6-7(12)5-8(13)10(11(6)14)9-3-2-4-15-9/h2-5H,1H3. The summed E-state index contributed by atoms with van der Waals surface area (Å²) in [4.78, 5) is 0. The van der Waals surface area contributed by atoms with E-state index < -0.39 is 0 Å². The Bertz CT molecular complexity index is 489. The summed E-state index contributed by atoms with van der Waals surface area (Å²) in [5.74, 6) is 0.643. The van der Waals surface area contributed by atoms with Crippen LogP contribution in [0.4, 0.5) is 0 Å². The largest absolute Gasteiger partial charge is 0.464 e. The van der Waals surface area contributed by atoms with Crippen molar-refractivity contribution in [3.05, 3.63) is 45.1 Å². The van der Waals surface area contributed by atoms with Crippen molar-refractivity contribution in [2.45, 2.75) is 6.92 Å². The molecule has 0 aliphatic rings. The fraction of sp³-hybridized carbons (Fsp3) is 0.0909. The van der Waals surface area contributed by atoms with Gasteiger partial charge in [0, 0.05) is 5.02 Å². The van der Waals surface area contributed by atoms with Gasteiger partial charge in [0.15, 0.2) is 0 Å². The zero-order chi connectivity index (χ0) is 11.0. The SMILES string of the molecule is Cc1c(Cl)cc(Cl)c(-c2ccco2)c1Cl. The van der Waals surface area contributed by atoms with Gasteiger partial charge >= 0.3 is 0 Å². The highest BCUT2D eigenvalue weighted by molar-refractivity contribution is 6.42. The first-order valence-corrected chi connectivity index (χ1v) is 5.42. The van der Waals surface area contributed by atoms with Gasteiger partial charge in [0.2, 0.25) is 0 Å². The van der Waals surface area contributed by atoms with Crippen molar-refractivity contribution in [3.8, 4) is 11.3 Å². The zero-order valence-corrected chi connectivity index (χ0v) is 10.1. The van der Waals surface area contributed by atoms with Crippen molar-refractivity contribution in [2.75, 3.05) is 0 Å². The van der Waals surface area contributed by atoms with Crippen LogP contribution in [-0.4, -0.2) is 0 Å². The summed E-state index contributed by atoms with van der Waals surface area (Å²) < 4.78 is 5.26. The summed E-state index contributed by atoms with van der Waals surface area (Å²) in [6, 6.07) is 5.26. The molecule has 0 saturated heterocycles. The van der Waals surface area contributed by atoms with Crippen LogP contribution in [0.15, 0.2) is 28.9 Å². The van der Waals surface area contributed by atoms with E-state index in [0.717, 1.165) is 5.56 Å². The monoisotopic (exact) mass is 260 g/mol. The normalized spacial score (nSPS) is 10.7. The minimum absolute atomic E-state index is 0.491. The second-order valence-corrected chi connectivity index (χ2v) is 4.32. The van der Waals surface area contributed by atoms with E-state index in [0.29, 0.717) is 26.4 Å². The van der Waals surface area contributed by atoms with Crippen LogP contribution in [-0.2, 0) is 0 Å². The Morgan fingerprint density at radius 2 is 1.87 bits per heavy atom. The van der Waals surface area contributed by atoms with E-state index in [1.165, 1.54) is 0 Å². The van der Waals surface area contributed by atoms with Crippen LogP contribution in [0.3, 0.4) is 0 Å². The molecule has 2 rings (SSSR count). The molecule has 0 aliphatic heterocycles. The van der Waals surface area contributed by atoms with Crippen molar-refractivity contribution in [1.29, 1.82) is 0 Å². The molecule has 0 atom stereocenters. The molecule has 0 spiro atoms. The van der Waals surface area contributed by atoms with Crippen molar-refractivity contribution >= 4 is 34.8 Å². The average Bonchev–Trinajstić information content (AvgIpc) is 2.68. The van der Waals surface area contributed by atoms with Crippen molar-refractivity contribution in [1.82, 2.24) is 0 Å². The van der Waals surface area contributed by atoms with Gasteiger partial charge in [-0.1, -0.05) is 34.8 Å². The van der Waals surface area contributed by atoms with Crippen molar-refractivity contribution in [3.63, 3.8) is 0 Å². The van der Waals surface area contributed by atoms with E-state index in [4.69, 9.17) is 39.2 Å². The Morgan fingerprint density at radius 3 is 2.47 bits per heavy atom. The molecule has 0 fully saturated rings. The predicted molar refractivity (Wildman–Crippen MR) is 63.9 cm³/mol. The smallest absolute Gasteiger partial charge is 0.136 e. The molecule has 0 radical (unpaired) electrons. The van der Waals surface area contributed by atoms with Crippen LogP contribution in [0.25, 0.3) is 11.3 Å². The van der Waals surface area contributed by atoms with Gasteiger partial charge in [0.25, 0.3) is 0 Å². The molecule has 0 aliphatic carbocycles. The van der Waals surface area contributed by atoms with Crippen LogP contribution < -0.4 is 0 Å². The summed E-state index contributed by atoms with van der Waals surface area (Å²) in [5.41, 5.74) is 1.49. The molecule has 1 aromatic carbocycles. The summed E-state index contributed by atoms with van der Waals surface area (Å²) in [6.07, 6.45) is 1.58. The molecule has 4 heteroatoms. The molecule has 15 heavy (non-hydrogen) atoms. The van der Waals surface area contributed by atoms with E-state index in [1.54, 1.807) is 24.5 Å². The van der Waals surface area contributed by atoms with E-state index in [-0.39, 0.29) is 0 Å². The molecule has 1 heterocycles. The first-order chi connectivity index (χ1) is 7.11. The minimum Gasteiger partial charge on any atom is -0.464 e. The number of furan rings is 1. The fourth-order valence-corrected chi connectivity index (χ4v) is 2.29. The Hall–Kier alpha value is -0.630. The summed E-state index contributed by atoms with van der Waals surface area (Å²) >= 11 is 18.2. The Balaban J connectivity index is 2.72. The lowest BCUT2D eigenvalue weighted by atomic mass is 10.1. The number of halogens is 3. The van der Waals surface area contributed by atoms with Gasteiger partial charge in [0.1, 0.15) is 5.76 Å². The lowest BCUT2D eigenvalue weighted by Gasteiger charge is -2.08. The van der Waals surface area contributed by atoms with Gasteiger partial charge in [-0.2, -0.15) is 0 Å². The molecule has 0 amide bonds. The number of hydrogen-bond acceptors (Lipinski definition) is 1. The lowest BCUT2D eigenvalue weighted by molar-refractivity contribution is 0.582. The third-order valence-corrected chi connectivity index (χ3v) is 3.33. The molecule has 2 aromatic rings. The molecule has 1 nitrogen and oxygen atoms in total. The average molecular weight is 262 g/mol. The van der Waals surface area contributed by atoms with E-state index >= 15 is 0 Å². The van der Waals surface area contributed by atoms with E-state index in [9.17, 15) is 0 Å². The Morgan fingerprint density at radius 1 is 1.13 bits per heavy atom. The quantitative estimate of drug-likeness (QED) is 0.686. The highest BCUT2D eigenvalue weighted by Crippen LogP contribution is 2.40. The maximum absolute atomic E-state index is 6.17. The van der Waals surface area contributed by atoms with E-state index in [1.807, 2.05) is 6.92 Å². The second kappa shape index (κ2) is 4.09. The third-order valence-electron chi connectivity index (χ3n) is 2.17. The van der Waals surface area contributed by atoms with Gasteiger partial charge in [-0.15, -0.1) is 0 Å². The third kappa shape index (κ3) is 1.87. The summed E-state index contributed by atoms with van der Waals surface area (Å²) in [6.45, 7) is 1.84. The second-order valence-electron chi connectivity index (χ2n) is 3.13. The summed E-state index contributed by atoms with van der Waals surface area (Å²) in [5, 5.41) is 1.58. The summed E-state index contributed by atoms with van der Waals surface area (Å²) in [7, 11) is 0. The van der Waals surface area contributed by atoms with Gasteiger partial charge in [-0.25, -0.2) is 0 Å². The van der Waals surface area contributed by atoms with Gasteiger partial charge in [0.05, 0.1) is 21.9 Å². The molecule has 78 valence electrons. The first kappa shape index (κ1) is 10.9. The molecule has 0 unspecified atom stereocenters. The fourth-order valence-electron chi connectivity index (χ4n) is 1.34. The predicted octanol–water partition coefficient (Wildman–Crippen LogP) is 5.22. The Kier molecular flexibility index (Phi) is 2.96. The number of rotatable bonds is 1. The topological polar surface area (TPSA) is 13.1 Å². The van der Waals surface area contributed by atoms with Crippen LogP contribution in [0.2, 0.25) is 15.1 Å². The van der Waals surface area contributed by atoms with Crippen LogP contribution in [0.1, 0.15) is 5.56 Å². The highest BCUT2D eigenvalue weighted by Gasteiger charge is 2.15. The molecular weight excluding hydrogens is 254 g/mol. The van der Waals surface area contributed by atoms with Gasteiger partial charge < -0.3 is 4.42 Å². The minimum atomic E-state index is 0.491. The maximum Gasteiger partial charge on any atom is 0.136 e. The Labute approximate surface area is 103 Å². The first-order valence-electron chi connectivity index (χ1n) is 4.29. The number of benzene rings is 1. The van der Waals surface area contributed by atoms with Crippen molar-refractivity contribution < 1.29 is 4.42 Å². The molecule has 0 N–H and O–H groups in total. The van der Waals surface area contributed by atoms with Crippen LogP contribution in [0, 0.1) is 6.92 Å². The van der Waals surface area contributed by atoms with Crippen molar-refractivity contribution in [2.24, 2.45) is 0 Å². The van der Waals surface area contributed by atoms with Gasteiger partial charge in [-0.3, -0.25) is 0 Å². The molecule has 0 saturated carbocycles. The lowest BCUT2D eigenvalue weighted by Crippen LogP contribution is -1.85. The van der Waals surface area contributed by atoms with E-state index in [2.05, 4.69) is 0 Å². The molecular formula is C11H7Cl3O. The highest BCUT2D eigenvalue weighted by atomic mass is 35.5. The molecule has 0 bridgehead atoms. The molecule has 1 aromatic heterocycles. The zero-order valence-electron chi connectivity index (χ0n) is 7.85. The van der Waals surface area contributed by atoms with Crippen LogP contribution in [0.5, 0.6) is 0 Å². The van der Waals surface area contributed by atoms with Gasteiger partial charge in [-0.05, 0) is 30.7 Å². The maximum atomic E-state index is 6.17.